The second-order valence-corrected chi connectivity index (χ2v) is 8.57. The van der Waals surface area contributed by atoms with E-state index in [4.69, 9.17) is 5.73 Å². The number of nitrogens with two attached hydrogens (primary N) is 1. The average Bonchev–Trinajstić information content (AvgIpc) is 2.83. The Morgan fingerprint density at radius 1 is 1.43 bits per heavy atom. The Morgan fingerprint density at radius 3 is 2.71 bits per heavy atom. The third-order valence-corrected chi connectivity index (χ3v) is 6.70. The summed E-state index contributed by atoms with van der Waals surface area (Å²) in [5, 5.41) is 3.76. The number of hydrogen-bond donors (Lipinski definition) is 2. The molecular weight excluding hydrogens is 308 g/mol. The number of nitrogens with one attached hydrogen (secondary N) is 1. The van der Waals surface area contributed by atoms with Crippen LogP contribution in [0.1, 0.15) is 26.7 Å². The van der Waals surface area contributed by atoms with Gasteiger partial charge < -0.3 is 16.0 Å². The molecule has 1 aromatic rings. The molecule has 0 bridgehead atoms. The van der Waals surface area contributed by atoms with Gasteiger partial charge in [0.2, 0.25) is 0 Å². The van der Waals surface area contributed by atoms with Crippen LogP contribution in [0.5, 0.6) is 0 Å². The molecule has 0 radical (unpaired) electrons. The molecule has 0 aliphatic carbocycles. The average molecular weight is 332 g/mol. The third-order valence-electron chi connectivity index (χ3n) is 3.96. The summed E-state index contributed by atoms with van der Waals surface area (Å²) < 4.78 is 28.1. The van der Waals surface area contributed by atoms with Gasteiger partial charge in [-0.3, -0.25) is 0 Å². The molecule has 0 spiro atoms. The van der Waals surface area contributed by atoms with Crippen molar-refractivity contribution < 1.29 is 8.42 Å². The lowest BCUT2D eigenvalue weighted by Gasteiger charge is -2.30. The van der Waals surface area contributed by atoms with Gasteiger partial charge in [0.15, 0.2) is 15.7 Å². The molecule has 2 rings (SSSR count). The molecule has 0 saturated carbocycles. The van der Waals surface area contributed by atoms with E-state index >= 15 is 0 Å². The molecule has 0 amide bonds. The first kappa shape index (κ1) is 16.5. The highest BCUT2D eigenvalue weighted by atomic mass is 32.2. The lowest BCUT2D eigenvalue weighted by atomic mass is 9.99. The van der Waals surface area contributed by atoms with E-state index < -0.39 is 9.84 Å². The maximum Gasteiger partial charge on any atom is 0.184 e. The zero-order valence-corrected chi connectivity index (χ0v) is 14.3. The summed E-state index contributed by atoms with van der Waals surface area (Å²) >= 11 is 1.12. The van der Waals surface area contributed by atoms with E-state index in [0.29, 0.717) is 11.5 Å². The van der Waals surface area contributed by atoms with Gasteiger partial charge in [-0.05, 0) is 43.4 Å². The first-order chi connectivity index (χ1) is 9.94. The van der Waals surface area contributed by atoms with E-state index in [1.807, 2.05) is 0 Å². The highest BCUT2D eigenvalue weighted by Gasteiger charge is 2.24. The summed E-state index contributed by atoms with van der Waals surface area (Å²) in [6.45, 7) is 7.77. The van der Waals surface area contributed by atoms with Gasteiger partial charge >= 0.3 is 0 Å². The minimum Gasteiger partial charge on any atom is -0.382 e. The number of piperidine rings is 1. The van der Waals surface area contributed by atoms with Gasteiger partial charge in [-0.2, -0.15) is 4.37 Å². The summed E-state index contributed by atoms with van der Waals surface area (Å²) in [5.41, 5.74) is 5.70. The molecule has 1 aliphatic heterocycles. The first-order valence-electron chi connectivity index (χ1n) is 7.38. The standard InChI is InChI=1S/C13H24N4O2S2/c1-3-21(18,19)11-12(14)16-20-13(11)15-6-9-17-7-4-10(2)5-8-17/h10,15H,3-9H2,1-2H3,(H2,14,16). The summed E-state index contributed by atoms with van der Waals surface area (Å²) in [6.07, 6.45) is 2.48. The predicted octanol–water partition coefficient (Wildman–Crippen LogP) is 1.66. The second-order valence-electron chi connectivity index (χ2n) is 5.58. The fourth-order valence-electron chi connectivity index (χ4n) is 2.46. The van der Waals surface area contributed by atoms with Crippen LogP contribution in [0.3, 0.4) is 0 Å². The van der Waals surface area contributed by atoms with Crippen LogP contribution >= 0.6 is 11.5 Å². The maximum absolute atomic E-state index is 12.0. The van der Waals surface area contributed by atoms with Crippen molar-refractivity contribution in [3.05, 3.63) is 0 Å². The van der Waals surface area contributed by atoms with Crippen LogP contribution in [0, 0.1) is 5.92 Å². The normalized spacial score (nSPS) is 18.0. The van der Waals surface area contributed by atoms with Crippen LogP contribution in [0.15, 0.2) is 4.90 Å². The zero-order valence-electron chi connectivity index (χ0n) is 12.6. The van der Waals surface area contributed by atoms with Crippen LogP contribution in [0.4, 0.5) is 10.8 Å². The maximum atomic E-state index is 12.0. The van der Waals surface area contributed by atoms with E-state index in [-0.39, 0.29) is 16.5 Å². The van der Waals surface area contributed by atoms with Crippen molar-refractivity contribution in [3.8, 4) is 0 Å². The van der Waals surface area contributed by atoms with Crippen LogP contribution < -0.4 is 11.1 Å². The van der Waals surface area contributed by atoms with E-state index in [1.54, 1.807) is 6.92 Å². The van der Waals surface area contributed by atoms with Gasteiger partial charge in [-0.15, -0.1) is 0 Å². The predicted molar refractivity (Wildman–Crippen MR) is 87.6 cm³/mol. The molecule has 8 heteroatoms. The number of hydrogen-bond acceptors (Lipinski definition) is 7. The molecule has 21 heavy (non-hydrogen) atoms. The van der Waals surface area contributed by atoms with E-state index in [1.165, 1.54) is 12.8 Å². The van der Waals surface area contributed by atoms with Gasteiger partial charge in [-0.1, -0.05) is 13.8 Å². The molecule has 0 aromatic carbocycles. The number of aromatic nitrogens is 1. The van der Waals surface area contributed by atoms with Gasteiger partial charge in [0.05, 0.1) is 5.75 Å². The molecule has 1 saturated heterocycles. The lowest BCUT2D eigenvalue weighted by Crippen LogP contribution is -2.36. The quantitative estimate of drug-likeness (QED) is 0.824. The minimum atomic E-state index is -3.33. The molecule has 0 unspecified atom stereocenters. The first-order valence-corrected chi connectivity index (χ1v) is 9.80. The van der Waals surface area contributed by atoms with Crippen LogP contribution in [0.2, 0.25) is 0 Å². The SMILES string of the molecule is CCS(=O)(=O)c1c(N)nsc1NCCN1CCC(C)CC1. The largest absolute Gasteiger partial charge is 0.382 e. The Hall–Kier alpha value is -0.860. The van der Waals surface area contributed by atoms with Crippen molar-refractivity contribution in [1.29, 1.82) is 0 Å². The summed E-state index contributed by atoms with van der Waals surface area (Å²) in [4.78, 5) is 2.58. The molecule has 120 valence electrons. The lowest BCUT2D eigenvalue weighted by molar-refractivity contribution is 0.199. The molecule has 1 aromatic heterocycles. The minimum absolute atomic E-state index is 0.0360. The highest BCUT2D eigenvalue weighted by molar-refractivity contribution is 7.91. The van der Waals surface area contributed by atoms with Crippen molar-refractivity contribution in [1.82, 2.24) is 9.27 Å². The monoisotopic (exact) mass is 332 g/mol. The van der Waals surface area contributed by atoms with Crippen molar-refractivity contribution in [3.63, 3.8) is 0 Å². The number of rotatable bonds is 6. The molecular formula is C13H24N4O2S2. The zero-order chi connectivity index (χ0) is 15.5. The van der Waals surface area contributed by atoms with Gasteiger partial charge in [0, 0.05) is 13.1 Å². The Balaban J connectivity index is 1.92. The van der Waals surface area contributed by atoms with Crippen molar-refractivity contribution in [2.75, 3.05) is 43.0 Å². The molecule has 3 N–H and O–H groups in total. The van der Waals surface area contributed by atoms with Crippen LogP contribution in [-0.2, 0) is 9.84 Å². The summed E-state index contributed by atoms with van der Waals surface area (Å²) in [5.74, 6) is 0.960. The summed E-state index contributed by atoms with van der Waals surface area (Å²) in [6, 6.07) is 0. The van der Waals surface area contributed by atoms with Gasteiger partial charge in [0.1, 0.15) is 9.90 Å². The Labute approximate surface area is 130 Å². The Bertz CT molecular complexity index is 563. The number of sulfone groups is 1. The van der Waals surface area contributed by atoms with Gasteiger partial charge in [-0.25, -0.2) is 8.42 Å². The number of anilines is 2. The van der Waals surface area contributed by atoms with Crippen molar-refractivity contribution >= 4 is 32.2 Å². The summed E-state index contributed by atoms with van der Waals surface area (Å²) in [7, 11) is -3.33. The fourth-order valence-corrected chi connectivity index (χ4v) is 4.66. The molecule has 2 heterocycles. The number of nitrogen functional groups attached to an aromatic ring is 1. The highest BCUT2D eigenvalue weighted by Crippen LogP contribution is 2.32. The molecule has 6 nitrogen and oxygen atoms in total. The second kappa shape index (κ2) is 6.93. The van der Waals surface area contributed by atoms with E-state index in [9.17, 15) is 8.42 Å². The van der Waals surface area contributed by atoms with Gasteiger partial charge in [0.25, 0.3) is 0 Å². The van der Waals surface area contributed by atoms with Crippen molar-refractivity contribution in [2.24, 2.45) is 5.92 Å². The fraction of sp³-hybridized carbons (Fsp3) is 0.769. The van der Waals surface area contributed by atoms with E-state index in [0.717, 1.165) is 37.1 Å². The van der Waals surface area contributed by atoms with Crippen molar-refractivity contribution in [2.45, 2.75) is 31.6 Å². The van der Waals surface area contributed by atoms with E-state index in [2.05, 4.69) is 21.5 Å². The third kappa shape index (κ3) is 4.08. The Kier molecular flexibility index (Phi) is 5.45. The smallest absolute Gasteiger partial charge is 0.184 e. The van der Waals surface area contributed by atoms with Crippen LogP contribution in [0.25, 0.3) is 0 Å². The molecule has 1 aliphatic rings. The van der Waals surface area contributed by atoms with Crippen LogP contribution in [-0.4, -0.2) is 49.6 Å². The topological polar surface area (TPSA) is 88.3 Å². The number of nitrogens with zero attached hydrogens (tertiary/aromatic N) is 2. The molecule has 1 fully saturated rings. The number of likely N-dealkylation sites (tertiary alicyclic amines) is 1. The Morgan fingerprint density at radius 2 is 2.10 bits per heavy atom. The molecule has 0 atom stereocenters.